The van der Waals surface area contributed by atoms with E-state index in [0.29, 0.717) is 12.1 Å². The summed E-state index contributed by atoms with van der Waals surface area (Å²) >= 11 is 0. The molecule has 0 bridgehead atoms. The first-order valence-electron chi connectivity index (χ1n) is 7.62. The summed E-state index contributed by atoms with van der Waals surface area (Å²) < 4.78 is 5.71. The molecule has 1 aliphatic rings. The first-order valence-corrected chi connectivity index (χ1v) is 7.62. The molecule has 1 rings (SSSR count). The number of unbranched alkanes of at least 4 members (excludes halogenated alkanes) is 3. The summed E-state index contributed by atoms with van der Waals surface area (Å²) in [5.74, 6) is 0.748. The highest BCUT2D eigenvalue weighted by molar-refractivity contribution is 4.82. The van der Waals surface area contributed by atoms with Crippen molar-refractivity contribution in [2.75, 3.05) is 13.2 Å². The molecule has 0 aliphatic carbocycles. The molecule has 2 heteroatoms. The Morgan fingerprint density at radius 1 is 1.18 bits per heavy atom. The molecule has 0 aromatic heterocycles. The van der Waals surface area contributed by atoms with Crippen LogP contribution in [0, 0.1) is 5.92 Å². The van der Waals surface area contributed by atoms with Gasteiger partial charge >= 0.3 is 0 Å². The molecule has 2 nitrogen and oxygen atoms in total. The Morgan fingerprint density at radius 3 is 2.59 bits per heavy atom. The van der Waals surface area contributed by atoms with Crippen molar-refractivity contribution in [2.45, 2.75) is 77.9 Å². The van der Waals surface area contributed by atoms with E-state index in [4.69, 9.17) is 4.74 Å². The van der Waals surface area contributed by atoms with Crippen molar-refractivity contribution in [3.63, 3.8) is 0 Å². The highest BCUT2D eigenvalue weighted by atomic mass is 16.5. The van der Waals surface area contributed by atoms with Gasteiger partial charge in [0.2, 0.25) is 0 Å². The molecule has 0 aromatic rings. The quantitative estimate of drug-likeness (QED) is 0.621. The second-order valence-corrected chi connectivity index (χ2v) is 5.55. The van der Waals surface area contributed by atoms with Crippen LogP contribution in [0.15, 0.2) is 0 Å². The van der Waals surface area contributed by atoms with Gasteiger partial charge in [-0.2, -0.15) is 0 Å². The first-order chi connectivity index (χ1) is 8.27. The fraction of sp³-hybridized carbons (Fsp3) is 1.00. The van der Waals surface area contributed by atoms with Crippen LogP contribution < -0.4 is 5.32 Å². The van der Waals surface area contributed by atoms with Crippen LogP contribution in [-0.2, 0) is 4.74 Å². The van der Waals surface area contributed by atoms with Gasteiger partial charge in [0, 0.05) is 12.0 Å². The average Bonchev–Trinajstić information content (AvgIpc) is 2.75. The second kappa shape index (κ2) is 8.93. The minimum absolute atomic E-state index is 0.474. The van der Waals surface area contributed by atoms with Gasteiger partial charge in [-0.1, -0.05) is 39.5 Å². The monoisotopic (exact) mass is 241 g/mol. The Bertz CT molecular complexity index is 184. The maximum Gasteiger partial charge on any atom is 0.0551 e. The fourth-order valence-corrected chi connectivity index (χ4v) is 2.76. The summed E-state index contributed by atoms with van der Waals surface area (Å²) in [4.78, 5) is 0. The van der Waals surface area contributed by atoms with Gasteiger partial charge in [0.25, 0.3) is 0 Å². The minimum atomic E-state index is 0.474. The molecule has 3 unspecified atom stereocenters. The lowest BCUT2D eigenvalue weighted by atomic mass is 9.92. The molecule has 0 aromatic carbocycles. The number of ether oxygens (including phenoxy) is 1. The Morgan fingerprint density at radius 2 is 2.00 bits per heavy atom. The molecule has 1 heterocycles. The zero-order chi connectivity index (χ0) is 12.5. The number of nitrogens with one attached hydrogen (secondary N) is 1. The van der Waals surface area contributed by atoms with E-state index in [0.717, 1.165) is 19.1 Å². The minimum Gasteiger partial charge on any atom is -0.378 e. The predicted molar refractivity (Wildman–Crippen MR) is 74.4 cm³/mol. The third-order valence-corrected chi connectivity index (χ3v) is 3.82. The van der Waals surface area contributed by atoms with Gasteiger partial charge in [0.15, 0.2) is 0 Å². The maximum absolute atomic E-state index is 5.71. The summed E-state index contributed by atoms with van der Waals surface area (Å²) in [5, 5.41) is 3.73. The van der Waals surface area contributed by atoms with Gasteiger partial charge in [-0.3, -0.25) is 0 Å². The van der Waals surface area contributed by atoms with E-state index in [1.165, 1.54) is 44.9 Å². The van der Waals surface area contributed by atoms with Crippen LogP contribution in [0.5, 0.6) is 0 Å². The van der Waals surface area contributed by atoms with Crippen molar-refractivity contribution >= 4 is 0 Å². The molecule has 1 N–H and O–H groups in total. The van der Waals surface area contributed by atoms with Crippen LogP contribution in [0.2, 0.25) is 0 Å². The number of hydrogen-bond acceptors (Lipinski definition) is 2. The Labute approximate surface area is 108 Å². The molecular formula is C15H31NO. The van der Waals surface area contributed by atoms with E-state index in [-0.39, 0.29) is 0 Å². The molecule has 1 saturated heterocycles. The van der Waals surface area contributed by atoms with E-state index in [2.05, 4.69) is 26.1 Å². The molecular weight excluding hydrogens is 210 g/mol. The van der Waals surface area contributed by atoms with Crippen LogP contribution in [0.4, 0.5) is 0 Å². The van der Waals surface area contributed by atoms with E-state index in [1.807, 2.05) is 0 Å². The normalized spacial score (nSPS) is 26.3. The van der Waals surface area contributed by atoms with E-state index >= 15 is 0 Å². The fourth-order valence-electron chi connectivity index (χ4n) is 2.76. The molecule has 0 spiro atoms. The summed E-state index contributed by atoms with van der Waals surface area (Å²) in [7, 11) is 0. The topological polar surface area (TPSA) is 21.3 Å². The standard InChI is InChI=1S/C15H31NO/c1-4-6-7-8-9-15(16-10-5-2)14-11-13(3)17-12-14/h13-16H,4-12H2,1-3H3. The molecule has 0 radical (unpaired) electrons. The molecule has 17 heavy (non-hydrogen) atoms. The lowest BCUT2D eigenvalue weighted by Crippen LogP contribution is -2.37. The first kappa shape index (κ1) is 15.0. The Hall–Kier alpha value is -0.0800. The van der Waals surface area contributed by atoms with E-state index in [9.17, 15) is 0 Å². The summed E-state index contributed by atoms with van der Waals surface area (Å²) in [6, 6.07) is 0.691. The third-order valence-electron chi connectivity index (χ3n) is 3.82. The van der Waals surface area contributed by atoms with Gasteiger partial charge in [-0.05, 0) is 32.7 Å². The van der Waals surface area contributed by atoms with Crippen LogP contribution in [0.25, 0.3) is 0 Å². The van der Waals surface area contributed by atoms with Gasteiger partial charge in [0.1, 0.15) is 0 Å². The second-order valence-electron chi connectivity index (χ2n) is 5.55. The molecule has 102 valence electrons. The largest absolute Gasteiger partial charge is 0.378 e. The summed E-state index contributed by atoms with van der Waals surface area (Å²) in [6.07, 6.45) is 9.77. The molecule has 3 atom stereocenters. The van der Waals surface area contributed by atoms with Gasteiger partial charge in [-0.25, -0.2) is 0 Å². The highest BCUT2D eigenvalue weighted by Crippen LogP contribution is 2.25. The lowest BCUT2D eigenvalue weighted by molar-refractivity contribution is 0.116. The van der Waals surface area contributed by atoms with Crippen LogP contribution in [0.3, 0.4) is 0 Å². The van der Waals surface area contributed by atoms with Crippen molar-refractivity contribution in [1.29, 1.82) is 0 Å². The van der Waals surface area contributed by atoms with Crippen molar-refractivity contribution in [3.05, 3.63) is 0 Å². The molecule has 1 fully saturated rings. The van der Waals surface area contributed by atoms with E-state index in [1.54, 1.807) is 0 Å². The lowest BCUT2D eigenvalue weighted by Gasteiger charge is -2.24. The molecule has 0 amide bonds. The van der Waals surface area contributed by atoms with Gasteiger partial charge in [-0.15, -0.1) is 0 Å². The SMILES string of the molecule is CCCCCCC(NCCC)C1COC(C)C1. The molecule has 1 aliphatic heterocycles. The van der Waals surface area contributed by atoms with Crippen LogP contribution in [0.1, 0.15) is 65.7 Å². The Balaban J connectivity index is 2.26. The van der Waals surface area contributed by atoms with Crippen molar-refractivity contribution in [3.8, 4) is 0 Å². The predicted octanol–water partition coefficient (Wildman–Crippen LogP) is 3.75. The highest BCUT2D eigenvalue weighted by Gasteiger charge is 2.28. The van der Waals surface area contributed by atoms with Crippen LogP contribution >= 0.6 is 0 Å². The smallest absolute Gasteiger partial charge is 0.0551 e. The maximum atomic E-state index is 5.71. The van der Waals surface area contributed by atoms with Crippen LogP contribution in [-0.4, -0.2) is 25.3 Å². The zero-order valence-corrected chi connectivity index (χ0v) is 12.0. The summed E-state index contributed by atoms with van der Waals surface area (Å²) in [5.41, 5.74) is 0. The van der Waals surface area contributed by atoms with Crippen molar-refractivity contribution < 1.29 is 4.74 Å². The number of hydrogen-bond donors (Lipinski definition) is 1. The average molecular weight is 241 g/mol. The zero-order valence-electron chi connectivity index (χ0n) is 12.0. The van der Waals surface area contributed by atoms with Gasteiger partial charge in [0.05, 0.1) is 12.7 Å². The number of rotatable bonds is 9. The third kappa shape index (κ3) is 5.87. The molecule has 0 saturated carbocycles. The van der Waals surface area contributed by atoms with Crippen molar-refractivity contribution in [2.24, 2.45) is 5.92 Å². The van der Waals surface area contributed by atoms with Gasteiger partial charge < -0.3 is 10.1 Å². The Kier molecular flexibility index (Phi) is 7.87. The summed E-state index contributed by atoms with van der Waals surface area (Å²) in [6.45, 7) is 8.85. The van der Waals surface area contributed by atoms with Crippen molar-refractivity contribution in [1.82, 2.24) is 5.32 Å². The van der Waals surface area contributed by atoms with E-state index < -0.39 is 0 Å².